The molecule has 0 rings (SSSR count). The van der Waals surface area contributed by atoms with Crippen molar-refractivity contribution in [3.05, 3.63) is 0 Å². The molecule has 2 unspecified atom stereocenters. The third kappa shape index (κ3) is 16.1. The van der Waals surface area contributed by atoms with Crippen LogP contribution in [0.5, 0.6) is 0 Å². The van der Waals surface area contributed by atoms with E-state index in [-0.39, 0.29) is 6.10 Å². The Bertz CT molecular complexity index is 395. The van der Waals surface area contributed by atoms with E-state index < -0.39 is 15.4 Å². The maximum Gasteiger partial charge on any atom is 0.267 e. The zero-order valence-corrected chi connectivity index (χ0v) is 18.1. The highest BCUT2D eigenvalue weighted by Crippen LogP contribution is 2.19. The van der Waals surface area contributed by atoms with Gasteiger partial charge in [0.15, 0.2) is 0 Å². The van der Waals surface area contributed by atoms with Crippen LogP contribution in [0.4, 0.5) is 0 Å². The molecule has 0 spiro atoms. The molecule has 0 fully saturated rings. The van der Waals surface area contributed by atoms with Crippen molar-refractivity contribution < 1.29 is 18.1 Å². The zero-order valence-electron chi connectivity index (χ0n) is 17.3. The summed E-state index contributed by atoms with van der Waals surface area (Å²) in [5.74, 6) is 0. The molecular formula is C21H44O4S. The summed E-state index contributed by atoms with van der Waals surface area (Å²) in [6, 6.07) is 0. The van der Waals surface area contributed by atoms with Crippen LogP contribution in [-0.2, 0) is 10.1 Å². The first-order valence-corrected chi connectivity index (χ1v) is 12.6. The van der Waals surface area contributed by atoms with Crippen molar-refractivity contribution in [3.8, 4) is 0 Å². The molecule has 0 bridgehead atoms. The lowest BCUT2D eigenvalue weighted by Gasteiger charge is -2.14. The highest BCUT2D eigenvalue weighted by Gasteiger charge is 2.21. The van der Waals surface area contributed by atoms with Crippen LogP contribution >= 0.6 is 0 Å². The van der Waals surface area contributed by atoms with E-state index >= 15 is 0 Å². The fraction of sp³-hybridized carbons (Fsp3) is 1.00. The Balaban J connectivity index is 3.75. The average molecular weight is 393 g/mol. The van der Waals surface area contributed by atoms with Crippen LogP contribution in [0.15, 0.2) is 0 Å². The van der Waals surface area contributed by atoms with Gasteiger partial charge in [-0.15, -0.1) is 0 Å². The van der Waals surface area contributed by atoms with E-state index in [1.807, 2.05) is 0 Å². The molecule has 0 aliphatic rings. The molecule has 26 heavy (non-hydrogen) atoms. The summed E-state index contributed by atoms with van der Waals surface area (Å²) >= 11 is 0. The highest BCUT2D eigenvalue weighted by atomic mass is 32.2. The number of aliphatic hydroxyl groups excluding tert-OH is 1. The Labute approximate surface area is 162 Å². The molecule has 0 aromatic heterocycles. The quantitative estimate of drug-likeness (QED) is 0.200. The molecule has 4 nitrogen and oxygen atoms in total. The van der Waals surface area contributed by atoms with E-state index in [0.29, 0.717) is 12.8 Å². The summed E-state index contributed by atoms with van der Waals surface area (Å²) in [6.07, 6.45) is 16.9. The normalized spacial score (nSPS) is 14.5. The fourth-order valence-corrected chi connectivity index (χ4v) is 4.39. The van der Waals surface area contributed by atoms with Crippen LogP contribution in [0.1, 0.15) is 123 Å². The Morgan fingerprint density at radius 1 is 0.615 bits per heavy atom. The fourth-order valence-electron chi connectivity index (χ4n) is 3.46. The second-order valence-electron chi connectivity index (χ2n) is 7.83. The lowest BCUT2D eigenvalue weighted by atomic mass is 10.0. The Kier molecular flexibility index (Phi) is 16.9. The molecular weight excluding hydrogens is 348 g/mol. The lowest BCUT2D eigenvalue weighted by molar-refractivity contribution is 0.148. The third-order valence-electron chi connectivity index (χ3n) is 5.26. The van der Waals surface area contributed by atoms with E-state index in [2.05, 4.69) is 13.8 Å². The van der Waals surface area contributed by atoms with E-state index in [9.17, 15) is 18.1 Å². The van der Waals surface area contributed by atoms with Gasteiger partial charge in [-0.3, -0.25) is 4.55 Å². The molecule has 2 N–H and O–H groups in total. The minimum absolute atomic E-state index is 0.156. The second kappa shape index (κ2) is 17.0. The number of rotatable bonds is 19. The first kappa shape index (κ1) is 25.9. The van der Waals surface area contributed by atoms with Crippen molar-refractivity contribution in [2.24, 2.45) is 0 Å². The minimum Gasteiger partial charge on any atom is -0.393 e. The topological polar surface area (TPSA) is 74.6 Å². The van der Waals surface area contributed by atoms with Gasteiger partial charge in [-0.1, -0.05) is 97.3 Å². The van der Waals surface area contributed by atoms with Crippen molar-refractivity contribution >= 4 is 10.1 Å². The molecule has 0 aromatic rings. The largest absolute Gasteiger partial charge is 0.393 e. The van der Waals surface area contributed by atoms with Gasteiger partial charge in [0.1, 0.15) is 0 Å². The molecule has 5 heteroatoms. The molecule has 0 aliphatic heterocycles. The monoisotopic (exact) mass is 392 g/mol. The Hall–Kier alpha value is -0.130. The van der Waals surface area contributed by atoms with Gasteiger partial charge in [-0.25, -0.2) is 0 Å². The summed E-state index contributed by atoms with van der Waals surface area (Å²) in [7, 11) is -3.91. The van der Waals surface area contributed by atoms with Crippen molar-refractivity contribution in [3.63, 3.8) is 0 Å². The van der Waals surface area contributed by atoms with Gasteiger partial charge in [0.25, 0.3) is 10.1 Å². The Morgan fingerprint density at radius 3 is 1.46 bits per heavy atom. The number of hydrogen-bond donors (Lipinski definition) is 2. The first-order valence-electron chi connectivity index (χ1n) is 11.1. The van der Waals surface area contributed by atoms with Gasteiger partial charge in [0.05, 0.1) is 11.4 Å². The summed E-state index contributed by atoms with van der Waals surface area (Å²) < 4.78 is 32.5. The van der Waals surface area contributed by atoms with Crippen molar-refractivity contribution in [1.82, 2.24) is 0 Å². The lowest BCUT2D eigenvalue weighted by Crippen LogP contribution is -2.20. The number of unbranched alkanes of at least 4 members (excludes halogenated alkanes) is 10. The van der Waals surface area contributed by atoms with Gasteiger partial charge in [-0.05, 0) is 25.7 Å². The summed E-state index contributed by atoms with van der Waals surface area (Å²) in [4.78, 5) is 0. The predicted molar refractivity (Wildman–Crippen MR) is 111 cm³/mol. The summed E-state index contributed by atoms with van der Waals surface area (Å²) in [6.45, 7) is 4.32. The number of aliphatic hydroxyl groups is 1. The molecule has 2 atom stereocenters. The van der Waals surface area contributed by atoms with Crippen LogP contribution in [0.3, 0.4) is 0 Å². The second-order valence-corrected chi connectivity index (χ2v) is 9.53. The molecule has 158 valence electrons. The smallest absolute Gasteiger partial charge is 0.267 e. The van der Waals surface area contributed by atoms with Crippen LogP contribution in [0, 0.1) is 0 Å². The van der Waals surface area contributed by atoms with Crippen LogP contribution in [0.2, 0.25) is 0 Å². The van der Waals surface area contributed by atoms with E-state index in [4.69, 9.17) is 0 Å². The maximum absolute atomic E-state index is 11.6. The van der Waals surface area contributed by atoms with Gasteiger partial charge < -0.3 is 5.11 Å². The average Bonchev–Trinajstić information content (AvgIpc) is 2.59. The van der Waals surface area contributed by atoms with Gasteiger partial charge in [0, 0.05) is 0 Å². The van der Waals surface area contributed by atoms with Crippen LogP contribution < -0.4 is 0 Å². The zero-order chi connectivity index (χ0) is 19.7. The standard InChI is InChI=1S/C21H44O4S/c1-3-5-7-8-11-14-18-21(26(23,24)25)19-15-12-9-10-13-17-20(22)16-6-4-2/h20-22H,3-19H2,1-2H3,(H,23,24,25). The molecule has 0 aromatic carbocycles. The maximum atomic E-state index is 11.6. The highest BCUT2D eigenvalue weighted by molar-refractivity contribution is 7.86. The molecule has 0 saturated carbocycles. The van der Waals surface area contributed by atoms with Crippen molar-refractivity contribution in [1.29, 1.82) is 0 Å². The molecule has 0 aliphatic carbocycles. The predicted octanol–water partition coefficient (Wildman–Crippen LogP) is 6.28. The molecule has 0 amide bonds. The van der Waals surface area contributed by atoms with Crippen molar-refractivity contribution in [2.45, 2.75) is 134 Å². The molecule has 0 radical (unpaired) electrons. The minimum atomic E-state index is -3.91. The van der Waals surface area contributed by atoms with E-state index in [0.717, 1.165) is 77.0 Å². The number of hydrogen-bond acceptors (Lipinski definition) is 3. The molecule has 0 saturated heterocycles. The summed E-state index contributed by atoms with van der Waals surface area (Å²) in [5.41, 5.74) is 0. The van der Waals surface area contributed by atoms with Crippen LogP contribution in [0.25, 0.3) is 0 Å². The summed E-state index contributed by atoms with van der Waals surface area (Å²) in [5, 5.41) is 9.22. The Morgan fingerprint density at radius 2 is 1.00 bits per heavy atom. The van der Waals surface area contributed by atoms with Gasteiger partial charge >= 0.3 is 0 Å². The van der Waals surface area contributed by atoms with Crippen molar-refractivity contribution in [2.75, 3.05) is 0 Å². The first-order chi connectivity index (χ1) is 12.4. The van der Waals surface area contributed by atoms with Gasteiger partial charge in [0.2, 0.25) is 0 Å². The van der Waals surface area contributed by atoms with Crippen LogP contribution in [-0.4, -0.2) is 29.4 Å². The van der Waals surface area contributed by atoms with E-state index in [1.54, 1.807) is 0 Å². The third-order valence-corrected chi connectivity index (χ3v) is 6.57. The van der Waals surface area contributed by atoms with E-state index in [1.165, 1.54) is 19.3 Å². The molecule has 0 heterocycles. The van der Waals surface area contributed by atoms with Gasteiger partial charge in [-0.2, -0.15) is 8.42 Å². The SMILES string of the molecule is CCCCCCCCC(CCCCCCCC(O)CCCC)S(=O)(=O)O.